The van der Waals surface area contributed by atoms with Crippen LogP contribution in [0.2, 0.25) is 0 Å². The number of aldehydes is 1. The van der Waals surface area contributed by atoms with Gasteiger partial charge in [0.1, 0.15) is 5.75 Å². The number of allylic oxidation sites excluding steroid dienone is 1. The van der Waals surface area contributed by atoms with Crippen molar-refractivity contribution in [3.05, 3.63) is 65.4 Å². The van der Waals surface area contributed by atoms with E-state index in [1.54, 1.807) is 0 Å². The number of phenols is 1. The number of nitrogens with one attached hydrogen (secondary N) is 1. The zero-order valence-corrected chi connectivity index (χ0v) is 15.3. The van der Waals surface area contributed by atoms with Crippen LogP contribution in [0.1, 0.15) is 5.56 Å². The summed E-state index contributed by atoms with van der Waals surface area (Å²) in [5, 5.41) is 11.4. The first-order chi connectivity index (χ1) is 14.0. The van der Waals surface area contributed by atoms with Crippen LogP contribution in [0.4, 0.5) is 27.6 Å². The predicted molar refractivity (Wildman–Crippen MR) is 95.4 cm³/mol. The van der Waals surface area contributed by atoms with E-state index in [1.807, 2.05) is 0 Å². The summed E-state index contributed by atoms with van der Waals surface area (Å²) in [6.07, 6.45) is -3.70. The zero-order valence-electron chi connectivity index (χ0n) is 15.3. The molecule has 0 saturated heterocycles. The first-order valence-electron chi connectivity index (χ1n) is 8.20. The van der Waals surface area contributed by atoms with Gasteiger partial charge in [0.2, 0.25) is 5.91 Å². The number of aromatic hydroxyl groups is 1. The van der Waals surface area contributed by atoms with Crippen LogP contribution in [-0.4, -0.2) is 35.6 Å². The van der Waals surface area contributed by atoms with Gasteiger partial charge in [-0.25, -0.2) is 8.78 Å². The van der Waals surface area contributed by atoms with Gasteiger partial charge in [-0.3, -0.25) is 9.59 Å². The minimum atomic E-state index is -4.82. The average Bonchev–Trinajstić information content (AvgIpc) is 2.65. The number of hydrogen-bond donors (Lipinski definition) is 2. The topological polar surface area (TPSA) is 78.9 Å². The van der Waals surface area contributed by atoms with E-state index < -0.39 is 35.4 Å². The van der Waals surface area contributed by atoms with Crippen molar-refractivity contribution >= 4 is 17.9 Å². The first kappa shape index (κ1) is 22.7. The van der Waals surface area contributed by atoms with E-state index >= 15 is 0 Å². The molecule has 0 bridgehead atoms. The van der Waals surface area contributed by atoms with Crippen molar-refractivity contribution in [3.63, 3.8) is 0 Å². The van der Waals surface area contributed by atoms with Gasteiger partial charge >= 0.3 is 6.36 Å². The van der Waals surface area contributed by atoms with Crippen LogP contribution in [0.15, 0.2) is 48.2 Å². The molecule has 0 heterocycles. The largest absolute Gasteiger partial charge is 0.573 e. The summed E-state index contributed by atoms with van der Waals surface area (Å²) in [7, 11) is 1.38. The number of likely N-dealkylation sites (N-methyl/N-ethyl adjacent to an activating group) is 1. The van der Waals surface area contributed by atoms with Crippen LogP contribution in [-0.2, 0) is 16.1 Å². The smallest absolute Gasteiger partial charge is 0.503 e. The Balaban J connectivity index is 2.05. The molecule has 30 heavy (non-hydrogen) atoms. The van der Waals surface area contributed by atoms with Gasteiger partial charge in [0, 0.05) is 37.5 Å². The van der Waals surface area contributed by atoms with Gasteiger partial charge in [-0.2, -0.15) is 0 Å². The standard InChI is InChI=1S/C19H15F5N2O4/c1-26(9-11-2-4-14(5-3-11)30-19(22,23)24)17(28)8-13(10-27)25-12-6-15(20)18(29)16(21)7-12/h2-8,10,25,29H,9H2,1H3/b13-8+. The fraction of sp³-hybridized carbons (Fsp3) is 0.158. The molecule has 2 N–H and O–H groups in total. The summed E-state index contributed by atoms with van der Waals surface area (Å²) >= 11 is 0. The van der Waals surface area contributed by atoms with Gasteiger partial charge in [0.25, 0.3) is 0 Å². The molecule has 0 saturated carbocycles. The number of alkyl halides is 3. The Morgan fingerprint density at radius 2 is 1.73 bits per heavy atom. The molecule has 0 unspecified atom stereocenters. The fourth-order valence-corrected chi connectivity index (χ4v) is 2.30. The molecule has 0 spiro atoms. The number of amides is 1. The van der Waals surface area contributed by atoms with E-state index in [4.69, 9.17) is 5.11 Å². The van der Waals surface area contributed by atoms with Crippen LogP contribution >= 0.6 is 0 Å². The molecular weight excluding hydrogens is 415 g/mol. The number of anilines is 1. The Kier molecular flexibility index (Phi) is 6.98. The minimum Gasteiger partial charge on any atom is -0.503 e. The highest BCUT2D eigenvalue weighted by Gasteiger charge is 2.30. The monoisotopic (exact) mass is 430 g/mol. The highest BCUT2D eigenvalue weighted by atomic mass is 19.4. The van der Waals surface area contributed by atoms with E-state index in [-0.39, 0.29) is 24.2 Å². The normalized spacial score (nSPS) is 11.7. The summed E-state index contributed by atoms with van der Waals surface area (Å²) < 4.78 is 67.0. The van der Waals surface area contributed by atoms with Crippen molar-refractivity contribution in [1.29, 1.82) is 0 Å². The van der Waals surface area contributed by atoms with Crippen molar-refractivity contribution in [2.24, 2.45) is 0 Å². The summed E-state index contributed by atoms with van der Waals surface area (Å²) in [5.74, 6) is -4.78. The van der Waals surface area contributed by atoms with Crippen molar-refractivity contribution in [1.82, 2.24) is 4.90 Å². The Hall–Kier alpha value is -3.63. The SMILES string of the molecule is CN(Cc1ccc(OC(F)(F)F)cc1)C(=O)/C=C(\C=O)Nc1cc(F)c(O)c(F)c1. The summed E-state index contributed by atoms with van der Waals surface area (Å²) in [5.41, 5.74) is -0.0424. The summed E-state index contributed by atoms with van der Waals surface area (Å²) in [6, 6.07) is 6.29. The molecule has 11 heteroatoms. The summed E-state index contributed by atoms with van der Waals surface area (Å²) in [4.78, 5) is 24.6. The second-order valence-electron chi connectivity index (χ2n) is 6.02. The van der Waals surface area contributed by atoms with Gasteiger partial charge in [-0.05, 0) is 17.7 Å². The number of rotatable bonds is 7. The Bertz CT molecular complexity index is 935. The second-order valence-corrected chi connectivity index (χ2v) is 6.02. The molecule has 0 aromatic heterocycles. The number of halogens is 5. The number of phenolic OH excluding ortho intramolecular Hbond substituents is 1. The predicted octanol–water partition coefficient (Wildman–Crippen LogP) is 3.72. The van der Waals surface area contributed by atoms with E-state index in [0.29, 0.717) is 5.56 Å². The number of nitrogens with zero attached hydrogens (tertiary/aromatic N) is 1. The summed E-state index contributed by atoms with van der Waals surface area (Å²) in [6.45, 7) is -0.00374. The third-order valence-electron chi connectivity index (χ3n) is 3.66. The third kappa shape index (κ3) is 6.47. The Morgan fingerprint density at radius 1 is 1.17 bits per heavy atom. The van der Waals surface area contributed by atoms with E-state index in [0.717, 1.165) is 35.2 Å². The molecule has 0 aliphatic carbocycles. The molecular formula is C19H15F5N2O4. The van der Waals surface area contributed by atoms with E-state index in [1.165, 1.54) is 19.2 Å². The lowest BCUT2D eigenvalue weighted by Crippen LogP contribution is -2.25. The lowest BCUT2D eigenvalue weighted by Gasteiger charge is -2.16. The maximum absolute atomic E-state index is 13.4. The van der Waals surface area contributed by atoms with Gasteiger partial charge in [-0.15, -0.1) is 13.2 Å². The molecule has 0 fully saturated rings. The second kappa shape index (κ2) is 9.25. The van der Waals surface area contributed by atoms with Crippen molar-refractivity contribution in [2.45, 2.75) is 12.9 Å². The van der Waals surface area contributed by atoms with Gasteiger partial charge in [-0.1, -0.05) is 12.1 Å². The first-order valence-corrected chi connectivity index (χ1v) is 8.20. The highest BCUT2D eigenvalue weighted by Crippen LogP contribution is 2.25. The van der Waals surface area contributed by atoms with Crippen LogP contribution in [0.3, 0.4) is 0 Å². The molecule has 0 radical (unpaired) electrons. The Labute approximate surface area is 167 Å². The maximum Gasteiger partial charge on any atom is 0.573 e. The van der Waals surface area contributed by atoms with Gasteiger partial charge < -0.3 is 20.1 Å². The number of hydrogen-bond acceptors (Lipinski definition) is 5. The zero-order chi connectivity index (χ0) is 22.5. The van der Waals surface area contributed by atoms with Gasteiger partial charge in [0.05, 0.1) is 5.70 Å². The molecule has 0 aliphatic rings. The number of carbonyl (C=O) groups excluding carboxylic acids is 2. The Morgan fingerprint density at radius 3 is 2.23 bits per heavy atom. The van der Waals surface area contributed by atoms with Crippen molar-refractivity contribution < 1.29 is 41.4 Å². The lowest BCUT2D eigenvalue weighted by atomic mass is 10.2. The average molecular weight is 430 g/mol. The molecule has 0 aliphatic heterocycles. The number of carbonyl (C=O) groups is 2. The number of benzene rings is 2. The maximum atomic E-state index is 13.4. The van der Waals surface area contributed by atoms with Crippen molar-refractivity contribution in [2.75, 3.05) is 12.4 Å². The molecule has 1 amide bonds. The molecule has 2 aromatic carbocycles. The molecule has 2 aromatic rings. The quantitative estimate of drug-likeness (QED) is 0.303. The highest BCUT2D eigenvalue weighted by molar-refractivity contribution is 5.95. The lowest BCUT2D eigenvalue weighted by molar-refractivity contribution is -0.274. The van der Waals surface area contributed by atoms with Crippen molar-refractivity contribution in [3.8, 4) is 11.5 Å². The fourth-order valence-electron chi connectivity index (χ4n) is 2.30. The number of ether oxygens (including phenoxy) is 1. The van der Waals surface area contributed by atoms with E-state index in [9.17, 15) is 31.5 Å². The van der Waals surface area contributed by atoms with Crippen LogP contribution in [0.5, 0.6) is 11.5 Å². The molecule has 160 valence electrons. The minimum absolute atomic E-state index is 0.00374. The van der Waals surface area contributed by atoms with Crippen LogP contribution < -0.4 is 10.1 Å². The molecule has 2 rings (SSSR count). The molecule has 6 nitrogen and oxygen atoms in total. The van der Waals surface area contributed by atoms with Crippen LogP contribution in [0, 0.1) is 11.6 Å². The van der Waals surface area contributed by atoms with Gasteiger partial charge in [0.15, 0.2) is 23.7 Å². The third-order valence-corrected chi connectivity index (χ3v) is 3.66. The van der Waals surface area contributed by atoms with E-state index in [2.05, 4.69) is 10.1 Å². The molecule has 0 atom stereocenters. The van der Waals surface area contributed by atoms with Crippen LogP contribution in [0.25, 0.3) is 0 Å².